The zero-order chi connectivity index (χ0) is 27.2. The number of anilines is 1. The van der Waals surface area contributed by atoms with E-state index in [1.807, 2.05) is 0 Å². The van der Waals surface area contributed by atoms with Gasteiger partial charge in [0, 0.05) is 42.2 Å². The molecule has 1 unspecified atom stereocenters. The number of carbonyl (C=O) groups excluding carboxylic acids is 1. The third-order valence-electron chi connectivity index (χ3n) is 5.87. The van der Waals surface area contributed by atoms with E-state index in [2.05, 4.69) is 10.3 Å². The molecule has 0 bridgehead atoms. The summed E-state index contributed by atoms with van der Waals surface area (Å²) < 4.78 is 63.8. The van der Waals surface area contributed by atoms with Crippen LogP contribution in [0.25, 0.3) is 11.1 Å². The molecule has 0 radical (unpaired) electrons. The fraction of sp³-hybridized carbons (Fsp3) is 0.280. The standard InChI is InChI=1S/C25H26F2N2O5S2/c1-13-9-17(36(33,34)25(5,26)27)7-8-19(13)29-24(31)22-16(4)20(35(6)32)10-18(23(22)30)21-14(2)11-28-12-15(21)3/h7-12,30H,1-6H3,(H,29,31). The van der Waals surface area contributed by atoms with Crippen LogP contribution in [0.4, 0.5) is 14.5 Å². The van der Waals surface area contributed by atoms with Gasteiger partial charge in [-0.15, -0.1) is 0 Å². The zero-order valence-electron chi connectivity index (χ0n) is 20.6. The molecule has 1 aromatic heterocycles. The number of aromatic nitrogens is 1. The van der Waals surface area contributed by atoms with Gasteiger partial charge in [-0.1, -0.05) is 0 Å². The van der Waals surface area contributed by atoms with E-state index >= 15 is 0 Å². The van der Waals surface area contributed by atoms with Gasteiger partial charge >= 0.3 is 5.25 Å². The number of pyridine rings is 1. The Labute approximate surface area is 211 Å². The fourth-order valence-electron chi connectivity index (χ4n) is 3.97. The summed E-state index contributed by atoms with van der Waals surface area (Å²) in [5.74, 6) is -1.05. The Morgan fingerprint density at radius 1 is 1.08 bits per heavy atom. The quantitative estimate of drug-likeness (QED) is 0.425. The first kappa shape index (κ1) is 27.6. The first-order valence-electron chi connectivity index (χ1n) is 10.7. The monoisotopic (exact) mass is 536 g/mol. The molecule has 7 nitrogen and oxygen atoms in total. The number of hydrogen-bond donors (Lipinski definition) is 2. The number of halogens is 2. The van der Waals surface area contributed by atoms with E-state index in [-0.39, 0.29) is 22.6 Å². The van der Waals surface area contributed by atoms with Crippen molar-refractivity contribution in [2.75, 3.05) is 11.6 Å². The van der Waals surface area contributed by atoms with Crippen molar-refractivity contribution < 1.29 is 31.7 Å². The first-order chi connectivity index (χ1) is 16.6. The molecule has 0 aliphatic rings. The average molecular weight is 537 g/mol. The molecule has 2 N–H and O–H groups in total. The number of phenolic OH excluding ortho intramolecular Hbond substituents is 1. The second-order valence-corrected chi connectivity index (χ2v) is 12.2. The number of hydrogen-bond acceptors (Lipinski definition) is 6. The fourth-order valence-corrected chi connectivity index (χ4v) is 5.78. The molecule has 0 aliphatic heterocycles. The van der Waals surface area contributed by atoms with Crippen molar-refractivity contribution in [2.24, 2.45) is 0 Å². The van der Waals surface area contributed by atoms with Crippen molar-refractivity contribution >= 4 is 32.6 Å². The van der Waals surface area contributed by atoms with Crippen LogP contribution in [-0.2, 0) is 21.0 Å². The number of nitrogens with one attached hydrogen (secondary N) is 1. The van der Waals surface area contributed by atoms with Crippen LogP contribution in [0, 0.1) is 27.7 Å². The number of aryl methyl sites for hydroxylation is 3. The molecule has 0 spiro atoms. The molecule has 0 saturated heterocycles. The second kappa shape index (κ2) is 9.79. The summed E-state index contributed by atoms with van der Waals surface area (Å²) in [6, 6.07) is 4.82. The van der Waals surface area contributed by atoms with Crippen molar-refractivity contribution in [2.45, 2.75) is 49.7 Å². The van der Waals surface area contributed by atoms with Gasteiger partial charge in [0.1, 0.15) is 12.0 Å². The molecule has 0 fully saturated rings. The number of rotatable bonds is 6. The first-order valence-corrected chi connectivity index (χ1v) is 13.8. The Morgan fingerprint density at radius 3 is 2.17 bits per heavy atom. The van der Waals surface area contributed by atoms with Gasteiger partial charge in [0.05, 0.1) is 10.5 Å². The van der Waals surface area contributed by atoms with E-state index < -0.39 is 37.1 Å². The molecule has 1 atom stereocenters. The summed E-state index contributed by atoms with van der Waals surface area (Å²) in [5, 5.41) is 9.83. The third-order valence-corrected chi connectivity index (χ3v) is 8.73. The van der Waals surface area contributed by atoms with Crippen molar-refractivity contribution in [1.82, 2.24) is 4.98 Å². The van der Waals surface area contributed by atoms with Gasteiger partial charge < -0.3 is 15.0 Å². The van der Waals surface area contributed by atoms with Gasteiger partial charge in [0.15, 0.2) is 4.90 Å². The van der Waals surface area contributed by atoms with E-state index in [1.54, 1.807) is 39.2 Å². The highest BCUT2D eigenvalue weighted by molar-refractivity contribution is 7.92. The van der Waals surface area contributed by atoms with Crippen LogP contribution in [0.15, 0.2) is 46.5 Å². The van der Waals surface area contributed by atoms with Gasteiger partial charge in [-0.25, -0.2) is 8.42 Å². The predicted molar refractivity (Wildman–Crippen MR) is 135 cm³/mol. The number of amides is 1. The maximum atomic E-state index is 13.6. The number of benzene rings is 2. The summed E-state index contributed by atoms with van der Waals surface area (Å²) in [7, 11) is -4.89. The highest BCUT2D eigenvalue weighted by atomic mass is 32.2. The van der Waals surface area contributed by atoms with Crippen LogP contribution in [0.1, 0.15) is 39.5 Å². The number of aromatic hydroxyl groups is 1. The lowest BCUT2D eigenvalue weighted by Gasteiger charge is -2.19. The molecular formula is C25H26F2N2O5S2. The molecule has 0 aliphatic carbocycles. The minimum absolute atomic E-state index is 0.107. The van der Waals surface area contributed by atoms with Crippen LogP contribution in [0.2, 0.25) is 0 Å². The number of sulfone groups is 1. The van der Waals surface area contributed by atoms with Crippen molar-refractivity contribution in [1.29, 1.82) is 0 Å². The largest absolute Gasteiger partial charge is 0.612 e. The van der Waals surface area contributed by atoms with Gasteiger partial charge in [-0.3, -0.25) is 9.78 Å². The SMILES string of the molecule is Cc1cc(S(=O)(=O)C(C)(F)F)ccc1NC(=O)c1c(C)c([S+](C)[O-])cc(-c2c(C)cncc2C)c1O. The van der Waals surface area contributed by atoms with E-state index in [0.29, 0.717) is 28.5 Å². The van der Waals surface area contributed by atoms with Gasteiger partial charge in [0.25, 0.3) is 5.91 Å². The van der Waals surface area contributed by atoms with Gasteiger partial charge in [-0.05, 0) is 79.3 Å². The Hall–Kier alpha value is -3.02. The van der Waals surface area contributed by atoms with E-state index in [1.165, 1.54) is 19.2 Å². The molecule has 36 heavy (non-hydrogen) atoms. The summed E-state index contributed by atoms with van der Waals surface area (Å²) in [4.78, 5) is 17.3. The van der Waals surface area contributed by atoms with Crippen LogP contribution in [0.5, 0.6) is 5.75 Å². The summed E-state index contributed by atoms with van der Waals surface area (Å²) >= 11 is -1.49. The highest BCUT2D eigenvalue weighted by Crippen LogP contribution is 2.41. The van der Waals surface area contributed by atoms with Crippen LogP contribution >= 0.6 is 0 Å². The number of phenols is 1. The van der Waals surface area contributed by atoms with Crippen molar-refractivity contribution in [3.8, 4) is 16.9 Å². The molecule has 11 heteroatoms. The Kier molecular flexibility index (Phi) is 7.50. The zero-order valence-corrected chi connectivity index (χ0v) is 22.2. The number of carbonyl (C=O) groups is 1. The normalized spacial score (nSPS) is 12.9. The van der Waals surface area contributed by atoms with Crippen LogP contribution in [-0.4, -0.2) is 40.5 Å². The van der Waals surface area contributed by atoms with Crippen molar-refractivity contribution in [3.63, 3.8) is 0 Å². The molecule has 0 saturated carbocycles. The minimum Gasteiger partial charge on any atom is -0.612 e. The van der Waals surface area contributed by atoms with E-state index in [0.717, 1.165) is 23.3 Å². The molecule has 1 amide bonds. The number of alkyl halides is 2. The van der Waals surface area contributed by atoms with Crippen molar-refractivity contribution in [3.05, 3.63) is 64.5 Å². The van der Waals surface area contributed by atoms with Gasteiger partial charge in [0.2, 0.25) is 9.84 Å². The third kappa shape index (κ3) is 4.95. The predicted octanol–water partition coefficient (Wildman–Crippen LogP) is 5.06. The number of nitrogens with zero attached hydrogens (tertiary/aromatic N) is 1. The highest BCUT2D eigenvalue weighted by Gasteiger charge is 2.40. The minimum atomic E-state index is -4.89. The maximum absolute atomic E-state index is 13.6. The molecule has 3 rings (SSSR count). The average Bonchev–Trinajstić information content (AvgIpc) is 2.75. The lowest BCUT2D eigenvalue weighted by atomic mass is 9.93. The Bertz CT molecular complexity index is 1450. The van der Waals surface area contributed by atoms with E-state index in [9.17, 15) is 31.7 Å². The molecule has 3 aromatic rings. The van der Waals surface area contributed by atoms with Gasteiger partial charge in [-0.2, -0.15) is 8.78 Å². The second-order valence-electron chi connectivity index (χ2n) is 8.62. The topological polar surface area (TPSA) is 119 Å². The molecule has 2 aromatic carbocycles. The lowest BCUT2D eigenvalue weighted by Crippen LogP contribution is -2.25. The molecular weight excluding hydrogens is 510 g/mol. The summed E-state index contributed by atoms with van der Waals surface area (Å²) in [6.45, 7) is 6.92. The smallest absolute Gasteiger partial charge is 0.347 e. The summed E-state index contributed by atoms with van der Waals surface area (Å²) in [5.41, 5.74) is 3.04. The Balaban J connectivity index is 2.13. The van der Waals surface area contributed by atoms with Crippen LogP contribution < -0.4 is 5.32 Å². The lowest BCUT2D eigenvalue weighted by molar-refractivity contribution is 0.102. The maximum Gasteiger partial charge on any atom is 0.347 e. The molecule has 1 heterocycles. The molecule has 192 valence electrons. The summed E-state index contributed by atoms with van der Waals surface area (Å²) in [6.07, 6.45) is 4.69. The van der Waals surface area contributed by atoms with E-state index in [4.69, 9.17) is 0 Å². The van der Waals surface area contributed by atoms with Crippen LogP contribution in [0.3, 0.4) is 0 Å². The Morgan fingerprint density at radius 2 is 1.67 bits per heavy atom.